The first-order chi connectivity index (χ1) is 57.5. The van der Waals surface area contributed by atoms with E-state index in [0.717, 1.165) is 183 Å². The molecule has 0 amide bonds. The van der Waals surface area contributed by atoms with E-state index in [0.29, 0.717) is 45.0 Å². The molecule has 10 nitrogen and oxygen atoms in total. The molecule has 0 aliphatic heterocycles. The number of aliphatic carboxylic acids is 1. The maximum atomic E-state index is 11.4. The number of carboxylic acids is 1. The van der Waals surface area contributed by atoms with Crippen molar-refractivity contribution in [3.05, 3.63) is 261 Å². The third-order valence-electron chi connectivity index (χ3n) is 24.5. The number of carbonyl (C=O) groups is 1. The van der Waals surface area contributed by atoms with Crippen molar-refractivity contribution in [3.63, 3.8) is 0 Å². The third-order valence-corrected chi connectivity index (χ3v) is 24.5. The molecule has 4 aliphatic carbocycles. The van der Waals surface area contributed by atoms with Crippen LogP contribution in [0.15, 0.2) is 214 Å². The van der Waals surface area contributed by atoms with E-state index in [1.165, 1.54) is 130 Å². The minimum absolute atomic E-state index is 0. The Kier molecular flexibility index (Phi) is 41.8. The molecule has 19 heteroatoms. The van der Waals surface area contributed by atoms with E-state index in [2.05, 4.69) is 177 Å². The second-order valence-electron chi connectivity index (χ2n) is 31.9. The molecule has 10 aromatic carbocycles. The summed E-state index contributed by atoms with van der Waals surface area (Å²) in [7, 11) is 20.0. The van der Waals surface area contributed by atoms with Gasteiger partial charge in [0.15, 0.2) is 0 Å². The molecular formula is C102H115Cl4K2N4NaO6Pt2. The fraction of sp³-hybridized carbons (Fsp3) is 0.363. The molecule has 0 unspecified atom stereocenters. The second-order valence-corrected chi connectivity index (χ2v) is 51.6. The molecule has 0 bridgehead atoms. The molecule has 10 aromatic rings. The smallest absolute Gasteiger partial charge is 0 e. The van der Waals surface area contributed by atoms with E-state index < -0.39 is 17.9 Å². The summed E-state index contributed by atoms with van der Waals surface area (Å²) in [5, 5.41) is 54.5. The quantitative estimate of drug-likeness (QED) is 0.0242. The molecule has 0 saturated heterocycles. The fourth-order valence-corrected chi connectivity index (χ4v) is 18.8. The molecule has 0 spiro atoms. The van der Waals surface area contributed by atoms with E-state index in [9.17, 15) is 20.4 Å². The summed E-state index contributed by atoms with van der Waals surface area (Å²) in [4.78, 5) is 28.6. The molecule has 0 atom stereocenters. The molecule has 121 heavy (non-hydrogen) atoms. The monoisotopic (exact) mass is 2120 g/mol. The third kappa shape index (κ3) is 24.3. The average molecular weight is 2130 g/mol. The van der Waals surface area contributed by atoms with Crippen LogP contribution in [0.25, 0.3) is 44.5 Å². The van der Waals surface area contributed by atoms with Gasteiger partial charge in [0.2, 0.25) is 0 Å². The number of carboxylic acid groups (broad SMARTS) is 1. The van der Waals surface area contributed by atoms with Crippen LogP contribution in [0, 0.1) is 0 Å². The average Bonchev–Trinajstić information content (AvgIpc) is 1.59. The first-order valence-corrected chi connectivity index (χ1v) is 70.7. The summed E-state index contributed by atoms with van der Waals surface area (Å²) in [6.45, 7) is 19.1. The van der Waals surface area contributed by atoms with Crippen molar-refractivity contribution in [2.45, 2.75) is 238 Å². The number of phenols is 4. The Balaban J connectivity index is 0.000000264. The maximum Gasteiger partial charge on any atom is 1.00 e. The molecule has 4 N–H and O–H groups in total. The zero-order valence-electron chi connectivity index (χ0n) is 72.8. The van der Waals surface area contributed by atoms with Crippen LogP contribution in [-0.2, 0) is 59.4 Å². The molecular weight excluding hydrogens is 2010 g/mol. The number of rotatable bonds is 32. The minimum Gasteiger partial charge on any atom is 0 e. The number of fused-ring (bicyclic) bond motifs is 12. The van der Waals surface area contributed by atoms with E-state index in [1.807, 2.05) is 72.8 Å². The van der Waals surface area contributed by atoms with Gasteiger partial charge in [-0.2, -0.15) is 0 Å². The molecule has 0 saturated carbocycles. The van der Waals surface area contributed by atoms with Crippen molar-refractivity contribution in [2.75, 3.05) is 0 Å². The standard InChI is InChI=1S/2C50H56N2O2.C2H4O2.4ClH.2K.Na.2Pt/c2*1-5-9-25-49(26-10-6-2)41-21-15-13-19-37(41)39-31-47(53)35(29-43(39)49)33-51-45-23-17-18-24-46(45)52-34-36-30-44-40(32-48(36)54)38-20-14-16-22-42(38)50(44,27-11-7-3)28-12-8-4;1-2(3)4;;;;;;;;;/h2*13-24,29-34,53-54H,5-12,25-28H2,1-4H3;1H3,(H,3,4);4*1H;;;;;/q;;;;;;;;;+1;;+4/p-5. The van der Waals surface area contributed by atoms with Gasteiger partial charge in [-0.15, -0.1) is 0 Å². The largest absolute Gasteiger partial charge is 1.00 e. The van der Waals surface area contributed by atoms with Gasteiger partial charge in [-0.1, -0.05) is 279 Å². The van der Waals surface area contributed by atoms with Crippen molar-refractivity contribution in [2.24, 2.45) is 20.0 Å². The van der Waals surface area contributed by atoms with Gasteiger partial charge in [-0.25, -0.2) is 0 Å². The van der Waals surface area contributed by atoms with Gasteiger partial charge in [0.05, 0.1) is 22.7 Å². The maximum absolute atomic E-state index is 11.4. The van der Waals surface area contributed by atoms with Crippen LogP contribution in [0.5, 0.6) is 23.0 Å². The number of carbonyl (C=O) groups excluding carboxylic acids is 1. The predicted octanol–water partition coefficient (Wildman–Crippen LogP) is 25.5. The number of benzene rings is 10. The predicted molar refractivity (Wildman–Crippen MR) is 501 cm³/mol. The van der Waals surface area contributed by atoms with Crippen LogP contribution in [-0.4, -0.2) is 114 Å². The van der Waals surface area contributed by atoms with Crippen molar-refractivity contribution < 1.29 is 92.8 Å². The SMILES string of the molecule is CC(=O)[O-].CCCCC1(CCCC)c2ccccc2-c2cc(O)c(C=Nc3ccccc3N=Cc3cc4c(cc3O)-c3ccccc3C4(CCCC)CCCC)cc21.CCCCC1(CCCC)c2ccccc2-c2cc(O)c(C=Nc3ccccc3N=Cc3cc4c(cc3O)-c3ccccc3C4(CCCC)CCCC)cc21.[Cl][Pt]([Cl])([Cl])[Cl].[K][K].[Na+].[Pt]. The summed E-state index contributed by atoms with van der Waals surface area (Å²) in [6.07, 6.45) is 34.2. The number of hydrogen-bond donors (Lipinski definition) is 4. The van der Waals surface area contributed by atoms with Crippen LogP contribution in [0.4, 0.5) is 22.7 Å². The minimum atomic E-state index is -3.06. The first kappa shape index (κ1) is 103. The zero-order valence-corrected chi connectivity index (χ0v) is 88.6. The normalized spacial score (nSPS) is 14.1. The molecule has 0 aromatic heterocycles. The summed E-state index contributed by atoms with van der Waals surface area (Å²) in [6, 6.07) is 67.4. The molecule has 4 aliphatic rings. The van der Waals surface area contributed by atoms with Crippen LogP contribution >= 0.6 is 37.7 Å². The Hall–Kier alpha value is -3.64. The van der Waals surface area contributed by atoms with Crippen LogP contribution < -0.4 is 34.7 Å². The van der Waals surface area contributed by atoms with Gasteiger partial charge in [-0.3, -0.25) is 20.0 Å². The van der Waals surface area contributed by atoms with Crippen molar-refractivity contribution >= 4 is 154 Å². The number of aliphatic imine (C=N–C) groups is 4. The summed E-state index contributed by atoms with van der Waals surface area (Å²) in [5.41, 5.74) is 25.7. The van der Waals surface area contributed by atoms with Gasteiger partial charge in [0.1, 0.15) is 23.0 Å². The van der Waals surface area contributed by atoms with Gasteiger partial charge in [0, 0.05) is 95.8 Å². The van der Waals surface area contributed by atoms with Crippen LogP contribution in [0.1, 0.15) is 283 Å². The van der Waals surface area contributed by atoms with E-state index in [4.69, 9.17) is 67.5 Å². The topological polar surface area (TPSA) is 170 Å². The number of unbranched alkanes of at least 4 members (excludes halogenated alkanes) is 8. The summed E-state index contributed by atoms with van der Waals surface area (Å²) in [5.74, 6) is -0.162. The Morgan fingerprint density at radius 1 is 0.322 bits per heavy atom. The van der Waals surface area contributed by atoms with Gasteiger partial charge >= 0.3 is 142 Å². The molecule has 0 radical (unpaired) electrons. The van der Waals surface area contributed by atoms with Gasteiger partial charge in [0.25, 0.3) is 0 Å². The van der Waals surface area contributed by atoms with Crippen molar-refractivity contribution in [3.8, 4) is 67.5 Å². The van der Waals surface area contributed by atoms with Crippen LogP contribution in [0.2, 0.25) is 0 Å². The summed E-state index contributed by atoms with van der Waals surface area (Å²) < 4.78 is 0. The van der Waals surface area contributed by atoms with E-state index in [1.54, 1.807) is 24.9 Å². The Bertz CT molecular complexity index is 4600. The molecule has 0 fully saturated rings. The number of para-hydroxylation sites is 4. The fourth-order valence-electron chi connectivity index (χ4n) is 18.8. The van der Waals surface area contributed by atoms with Gasteiger partial charge in [-0.05, 0) is 220 Å². The Labute approximate surface area is 821 Å². The first-order valence-electron chi connectivity index (χ1n) is 43.4. The molecule has 0 heterocycles. The molecule has 14 rings (SSSR count). The Morgan fingerprint density at radius 3 is 0.645 bits per heavy atom. The Morgan fingerprint density at radius 2 is 0.479 bits per heavy atom. The number of phenolic OH excluding ortho intramolecular Hbond substituents is 4. The zero-order chi connectivity index (χ0) is 85.5. The number of nitrogens with zero attached hydrogens (tertiary/aromatic N) is 4. The summed E-state index contributed by atoms with van der Waals surface area (Å²) >= 11 is -0.556. The van der Waals surface area contributed by atoms with Crippen molar-refractivity contribution in [1.82, 2.24) is 0 Å². The number of aromatic hydroxyl groups is 4. The van der Waals surface area contributed by atoms with E-state index >= 15 is 0 Å². The second kappa shape index (κ2) is 49.2. The number of hydrogen-bond acceptors (Lipinski definition) is 10. The molecule has 630 valence electrons. The van der Waals surface area contributed by atoms with Gasteiger partial charge < -0.3 is 30.3 Å². The number of halogens is 4. The van der Waals surface area contributed by atoms with E-state index in [-0.39, 0.29) is 95.3 Å². The van der Waals surface area contributed by atoms with Crippen molar-refractivity contribution in [1.29, 1.82) is 0 Å². The van der Waals surface area contributed by atoms with Crippen LogP contribution in [0.3, 0.4) is 0 Å².